The second-order valence-electron chi connectivity index (χ2n) is 9.23. The number of aliphatic imine (C=N–C) groups is 3. The average molecular weight is 607 g/mol. The van der Waals surface area contributed by atoms with Crippen molar-refractivity contribution in [3.8, 4) is 0 Å². The first kappa shape index (κ1) is 31.6. The minimum absolute atomic E-state index is 0.0285. The molecule has 0 saturated heterocycles. The number of amides is 1. The Morgan fingerprint density at radius 3 is 2.42 bits per heavy atom. The number of ether oxygens (including phenoxy) is 2. The van der Waals surface area contributed by atoms with Crippen molar-refractivity contribution in [3.05, 3.63) is 111 Å². The molecule has 0 saturated carbocycles. The van der Waals surface area contributed by atoms with Gasteiger partial charge in [0.05, 0.1) is 55.6 Å². The van der Waals surface area contributed by atoms with Crippen molar-refractivity contribution in [3.63, 3.8) is 0 Å². The van der Waals surface area contributed by atoms with E-state index < -0.39 is 11.6 Å². The normalized spacial score (nSPS) is 14.6. The van der Waals surface area contributed by atoms with Gasteiger partial charge in [0.1, 0.15) is 17.9 Å². The molecule has 0 aliphatic carbocycles. The number of rotatable bonds is 13. The van der Waals surface area contributed by atoms with Gasteiger partial charge in [-0.2, -0.15) is 0 Å². The molecule has 0 bridgehead atoms. The van der Waals surface area contributed by atoms with E-state index in [1.807, 2.05) is 0 Å². The first-order valence-corrected chi connectivity index (χ1v) is 13.8. The van der Waals surface area contributed by atoms with E-state index in [0.717, 1.165) is 6.29 Å². The van der Waals surface area contributed by atoms with Gasteiger partial charge in [-0.25, -0.2) is 13.8 Å². The molecule has 1 aliphatic rings. The summed E-state index contributed by atoms with van der Waals surface area (Å²) in [5, 5.41) is 3.15. The SMILES string of the molecule is C=N/C=C1/CN=C(c2c(F)cccc2F)c2cc(Cl)ccc2C1=Nc1ccc(C(=O)NCCOCCOCCC=O)cc1. The molecule has 8 nitrogen and oxygen atoms in total. The molecule has 0 unspecified atom stereocenters. The van der Waals surface area contributed by atoms with Gasteiger partial charge in [-0.05, 0) is 55.2 Å². The molecule has 0 aromatic heterocycles. The third kappa shape index (κ3) is 8.35. The largest absolute Gasteiger partial charge is 0.379 e. The molecule has 1 heterocycles. The van der Waals surface area contributed by atoms with Gasteiger partial charge in [-0.3, -0.25) is 14.8 Å². The van der Waals surface area contributed by atoms with Crippen molar-refractivity contribution in [1.29, 1.82) is 0 Å². The monoisotopic (exact) mass is 606 g/mol. The van der Waals surface area contributed by atoms with Gasteiger partial charge in [0.25, 0.3) is 5.91 Å². The van der Waals surface area contributed by atoms with E-state index in [9.17, 15) is 18.4 Å². The number of hydrogen-bond donors (Lipinski definition) is 1. The number of benzene rings is 3. The minimum Gasteiger partial charge on any atom is -0.379 e. The molecule has 3 aromatic carbocycles. The number of carbonyl (C=O) groups is 2. The zero-order valence-electron chi connectivity index (χ0n) is 23.2. The van der Waals surface area contributed by atoms with E-state index in [1.165, 1.54) is 24.4 Å². The van der Waals surface area contributed by atoms with E-state index in [-0.39, 0.29) is 23.7 Å². The average Bonchev–Trinajstić information content (AvgIpc) is 3.13. The summed E-state index contributed by atoms with van der Waals surface area (Å²) in [6, 6.07) is 15.3. The van der Waals surface area contributed by atoms with Gasteiger partial charge >= 0.3 is 0 Å². The fourth-order valence-electron chi connectivity index (χ4n) is 4.31. The zero-order chi connectivity index (χ0) is 30.6. The van der Waals surface area contributed by atoms with Crippen LogP contribution in [0.5, 0.6) is 0 Å². The number of hydrogen-bond acceptors (Lipinski definition) is 7. The predicted octanol–water partition coefficient (Wildman–Crippen LogP) is 5.53. The highest BCUT2D eigenvalue weighted by molar-refractivity contribution is 6.32. The van der Waals surface area contributed by atoms with Crippen molar-refractivity contribution in [2.75, 3.05) is 39.5 Å². The number of halogens is 3. The lowest BCUT2D eigenvalue weighted by atomic mass is 9.93. The van der Waals surface area contributed by atoms with E-state index in [1.54, 1.807) is 42.5 Å². The van der Waals surface area contributed by atoms with Crippen molar-refractivity contribution < 1.29 is 27.8 Å². The fraction of sp³-hybridized carbons (Fsp3) is 0.219. The molecule has 1 aliphatic heterocycles. The number of nitrogens with zero attached hydrogens (tertiary/aromatic N) is 3. The summed E-state index contributed by atoms with van der Waals surface area (Å²) >= 11 is 6.31. The summed E-state index contributed by atoms with van der Waals surface area (Å²) in [5.41, 5.74) is 2.80. The Balaban J connectivity index is 1.53. The Morgan fingerprint density at radius 2 is 1.72 bits per heavy atom. The predicted molar refractivity (Wildman–Crippen MR) is 163 cm³/mol. The summed E-state index contributed by atoms with van der Waals surface area (Å²) in [6.07, 6.45) is 2.64. The summed E-state index contributed by atoms with van der Waals surface area (Å²) in [6.45, 7) is 5.29. The van der Waals surface area contributed by atoms with Crippen LogP contribution in [-0.2, 0) is 14.3 Å². The molecule has 1 N–H and O–H groups in total. The second-order valence-corrected chi connectivity index (χ2v) is 9.67. The third-order valence-electron chi connectivity index (χ3n) is 6.30. The maximum Gasteiger partial charge on any atom is 0.251 e. The van der Waals surface area contributed by atoms with Crippen molar-refractivity contribution in [1.82, 2.24) is 5.32 Å². The van der Waals surface area contributed by atoms with Gasteiger partial charge in [0, 0.05) is 46.5 Å². The van der Waals surface area contributed by atoms with Crippen LogP contribution in [0.3, 0.4) is 0 Å². The summed E-state index contributed by atoms with van der Waals surface area (Å²) in [4.78, 5) is 36.1. The van der Waals surface area contributed by atoms with Crippen molar-refractivity contribution in [2.45, 2.75) is 6.42 Å². The Bertz CT molecular complexity index is 1550. The fourth-order valence-corrected chi connectivity index (χ4v) is 4.48. The molecule has 0 fully saturated rings. The topological polar surface area (TPSA) is 102 Å². The smallest absolute Gasteiger partial charge is 0.251 e. The van der Waals surface area contributed by atoms with Gasteiger partial charge in [0.15, 0.2) is 0 Å². The van der Waals surface area contributed by atoms with Crippen LogP contribution >= 0.6 is 11.6 Å². The van der Waals surface area contributed by atoms with Gasteiger partial charge < -0.3 is 19.6 Å². The highest BCUT2D eigenvalue weighted by atomic mass is 35.5. The van der Waals surface area contributed by atoms with E-state index in [4.69, 9.17) is 26.1 Å². The van der Waals surface area contributed by atoms with Crippen LogP contribution in [0.1, 0.15) is 33.5 Å². The lowest BCUT2D eigenvalue weighted by molar-refractivity contribution is -0.108. The number of nitrogens with one attached hydrogen (secondary N) is 1. The molecular weight excluding hydrogens is 578 g/mol. The van der Waals surface area contributed by atoms with Crippen LogP contribution in [-0.4, -0.2) is 69.9 Å². The molecule has 11 heteroatoms. The van der Waals surface area contributed by atoms with E-state index >= 15 is 0 Å². The third-order valence-corrected chi connectivity index (χ3v) is 6.54. The molecular formula is C32H29ClF2N4O4. The minimum atomic E-state index is -0.752. The van der Waals surface area contributed by atoms with Crippen LogP contribution in [0.15, 0.2) is 87.4 Å². The Labute approximate surface area is 252 Å². The van der Waals surface area contributed by atoms with E-state index in [0.29, 0.717) is 78.1 Å². The van der Waals surface area contributed by atoms with Gasteiger partial charge in [0.2, 0.25) is 0 Å². The molecule has 0 spiro atoms. The molecule has 3 aromatic rings. The number of carbonyl (C=O) groups excluding carboxylic acids is 2. The van der Waals surface area contributed by atoms with Crippen LogP contribution in [0.25, 0.3) is 0 Å². The van der Waals surface area contributed by atoms with Gasteiger partial charge in [-0.1, -0.05) is 23.7 Å². The lowest BCUT2D eigenvalue weighted by Crippen LogP contribution is -2.27. The molecule has 4 rings (SSSR count). The molecule has 1 amide bonds. The highest BCUT2D eigenvalue weighted by Crippen LogP contribution is 2.30. The summed E-state index contributed by atoms with van der Waals surface area (Å²) < 4.78 is 40.3. The molecule has 0 radical (unpaired) electrons. The molecule has 222 valence electrons. The Morgan fingerprint density at radius 1 is 1.00 bits per heavy atom. The van der Waals surface area contributed by atoms with Crippen LogP contribution in [0.4, 0.5) is 14.5 Å². The first-order chi connectivity index (χ1) is 20.9. The van der Waals surface area contributed by atoms with Crippen molar-refractivity contribution in [2.24, 2.45) is 15.0 Å². The zero-order valence-corrected chi connectivity index (χ0v) is 23.9. The second kappa shape index (κ2) is 15.7. The van der Waals surface area contributed by atoms with Crippen LogP contribution < -0.4 is 5.32 Å². The highest BCUT2D eigenvalue weighted by Gasteiger charge is 2.26. The molecule has 43 heavy (non-hydrogen) atoms. The number of aldehydes is 1. The maximum atomic E-state index is 14.9. The maximum absolute atomic E-state index is 14.9. The first-order valence-electron chi connectivity index (χ1n) is 13.4. The van der Waals surface area contributed by atoms with Crippen LogP contribution in [0, 0.1) is 11.6 Å². The van der Waals surface area contributed by atoms with Crippen molar-refractivity contribution >= 4 is 47.6 Å². The quantitative estimate of drug-likeness (QED) is 0.157. The Kier molecular flexibility index (Phi) is 11.5. The summed E-state index contributed by atoms with van der Waals surface area (Å²) in [7, 11) is 0. The van der Waals surface area contributed by atoms with E-state index in [2.05, 4.69) is 22.0 Å². The van der Waals surface area contributed by atoms with Crippen LogP contribution in [0.2, 0.25) is 5.02 Å². The standard InChI is InChI=1S/C32H29ClF2N4O4/c1-36-19-22-20-38-31(29-27(34)4-2-5-28(29)35)26-18-23(33)8-11-25(26)30(22)39-24-9-6-21(7-10-24)32(41)37-12-15-43-17-16-42-14-3-13-40/h2,4-11,13,18-19H,1,3,12,14-17,20H2,(H,37,41)/b22-19-,39-30?. The number of fused-ring (bicyclic) bond motifs is 1. The summed E-state index contributed by atoms with van der Waals surface area (Å²) in [5.74, 6) is -1.78. The van der Waals surface area contributed by atoms with Gasteiger partial charge in [-0.15, -0.1) is 0 Å². The molecule has 0 atom stereocenters. The Hall–Kier alpha value is -4.38. The lowest BCUT2D eigenvalue weighted by Gasteiger charge is -2.13.